The Bertz CT molecular complexity index is 316. The van der Waals surface area contributed by atoms with Crippen LogP contribution in [-0.4, -0.2) is 18.5 Å². The van der Waals surface area contributed by atoms with Gasteiger partial charge in [-0.15, -0.1) is 0 Å². The van der Waals surface area contributed by atoms with Gasteiger partial charge >= 0.3 is 0 Å². The van der Waals surface area contributed by atoms with Crippen LogP contribution in [0.5, 0.6) is 0 Å². The topological polar surface area (TPSA) is 41.1 Å². The fourth-order valence-corrected chi connectivity index (χ4v) is 2.90. The zero-order chi connectivity index (χ0) is 12.3. The van der Waals surface area contributed by atoms with Crippen molar-refractivity contribution in [2.45, 2.75) is 58.4 Å². The van der Waals surface area contributed by atoms with Crippen LogP contribution in [0.4, 0.5) is 0 Å². The minimum atomic E-state index is 0.0261. The molecule has 96 valence electrons. The number of nitrogens with one attached hydrogen (secondary N) is 2. The van der Waals surface area contributed by atoms with Crippen molar-refractivity contribution in [3.8, 4) is 0 Å². The Morgan fingerprint density at radius 2 is 2.12 bits per heavy atom. The molecule has 3 heteroatoms. The van der Waals surface area contributed by atoms with E-state index in [1.165, 1.54) is 37.0 Å². The molecule has 1 amide bonds. The van der Waals surface area contributed by atoms with Crippen LogP contribution in [0.2, 0.25) is 0 Å². The molecule has 2 unspecified atom stereocenters. The van der Waals surface area contributed by atoms with Gasteiger partial charge in [0.1, 0.15) is 0 Å². The molecule has 17 heavy (non-hydrogen) atoms. The molecule has 0 aromatic heterocycles. The van der Waals surface area contributed by atoms with Gasteiger partial charge < -0.3 is 10.6 Å². The van der Waals surface area contributed by atoms with Gasteiger partial charge in [-0.25, -0.2) is 0 Å². The first-order valence-corrected chi connectivity index (χ1v) is 6.92. The lowest BCUT2D eigenvalue weighted by atomic mass is 9.88. The molecule has 1 aliphatic carbocycles. The number of hydrogen-bond donors (Lipinski definition) is 2. The zero-order valence-corrected chi connectivity index (χ0v) is 11.0. The van der Waals surface area contributed by atoms with Crippen molar-refractivity contribution in [3.05, 3.63) is 11.3 Å². The van der Waals surface area contributed by atoms with E-state index in [1.54, 1.807) is 0 Å². The summed E-state index contributed by atoms with van der Waals surface area (Å²) < 4.78 is 0. The van der Waals surface area contributed by atoms with Crippen molar-refractivity contribution in [1.82, 2.24) is 10.6 Å². The van der Waals surface area contributed by atoms with Gasteiger partial charge in [0.2, 0.25) is 5.91 Å². The summed E-state index contributed by atoms with van der Waals surface area (Å²) in [6, 6.07) is 0.0261. The molecule has 1 fully saturated rings. The van der Waals surface area contributed by atoms with E-state index >= 15 is 0 Å². The number of rotatable bonds is 2. The summed E-state index contributed by atoms with van der Waals surface area (Å²) in [4.78, 5) is 12.1. The summed E-state index contributed by atoms with van der Waals surface area (Å²) in [5.74, 6) is 0.684. The van der Waals surface area contributed by atoms with Crippen LogP contribution >= 0.6 is 0 Å². The van der Waals surface area contributed by atoms with Crippen LogP contribution in [0.3, 0.4) is 0 Å². The van der Waals surface area contributed by atoms with Gasteiger partial charge in [-0.3, -0.25) is 4.79 Å². The predicted molar refractivity (Wildman–Crippen MR) is 69.5 cm³/mol. The van der Waals surface area contributed by atoms with Crippen molar-refractivity contribution >= 4 is 5.91 Å². The highest BCUT2D eigenvalue weighted by Gasteiger charge is 2.24. The second-order valence-corrected chi connectivity index (χ2v) is 5.48. The Balaban J connectivity index is 1.97. The van der Waals surface area contributed by atoms with E-state index < -0.39 is 0 Å². The van der Waals surface area contributed by atoms with E-state index in [-0.39, 0.29) is 11.9 Å². The summed E-state index contributed by atoms with van der Waals surface area (Å²) in [6.45, 7) is 5.35. The van der Waals surface area contributed by atoms with E-state index in [2.05, 4.69) is 24.5 Å². The first kappa shape index (κ1) is 12.6. The summed E-state index contributed by atoms with van der Waals surface area (Å²) >= 11 is 0. The van der Waals surface area contributed by atoms with Crippen LogP contribution in [-0.2, 0) is 4.79 Å². The molecule has 1 heterocycles. The number of allylic oxidation sites excluding steroid dienone is 2. The standard InChI is InChI=1S/C14H24N2O/c1-10-6-5-7-11(2)13(10)16-14(17)12-8-3-4-9-15-12/h10,12,15H,3-9H2,1-2H3,(H,16,17). The zero-order valence-electron chi connectivity index (χ0n) is 11.0. The largest absolute Gasteiger partial charge is 0.328 e. The molecule has 0 radical (unpaired) electrons. The van der Waals surface area contributed by atoms with Crippen LogP contribution in [0.15, 0.2) is 11.3 Å². The fourth-order valence-electron chi connectivity index (χ4n) is 2.90. The molecule has 3 nitrogen and oxygen atoms in total. The second kappa shape index (κ2) is 5.67. The van der Waals surface area contributed by atoms with Crippen LogP contribution in [0.1, 0.15) is 52.4 Å². The van der Waals surface area contributed by atoms with Crippen molar-refractivity contribution < 1.29 is 4.79 Å². The Hall–Kier alpha value is -0.830. The molecule has 2 atom stereocenters. The average Bonchev–Trinajstić information content (AvgIpc) is 2.35. The molecular formula is C14H24N2O. The maximum absolute atomic E-state index is 12.1. The van der Waals surface area contributed by atoms with Gasteiger partial charge in [-0.2, -0.15) is 0 Å². The predicted octanol–water partition coefficient (Wildman–Crippen LogP) is 2.34. The summed E-state index contributed by atoms with van der Waals surface area (Å²) in [5.41, 5.74) is 2.56. The average molecular weight is 236 g/mol. The monoisotopic (exact) mass is 236 g/mol. The van der Waals surface area contributed by atoms with Crippen LogP contribution in [0.25, 0.3) is 0 Å². The van der Waals surface area contributed by atoms with Gasteiger partial charge in [-0.1, -0.05) is 18.9 Å². The number of hydrogen-bond acceptors (Lipinski definition) is 2. The second-order valence-electron chi connectivity index (χ2n) is 5.48. The van der Waals surface area contributed by atoms with Crippen molar-refractivity contribution in [2.24, 2.45) is 5.92 Å². The van der Waals surface area contributed by atoms with Gasteiger partial charge in [0.15, 0.2) is 0 Å². The molecule has 1 aliphatic heterocycles. The first-order valence-electron chi connectivity index (χ1n) is 6.92. The lowest BCUT2D eigenvalue weighted by molar-refractivity contribution is -0.123. The quantitative estimate of drug-likeness (QED) is 0.772. The minimum absolute atomic E-state index is 0.0261. The third-order valence-corrected chi connectivity index (χ3v) is 4.03. The highest BCUT2D eigenvalue weighted by atomic mass is 16.2. The van der Waals surface area contributed by atoms with E-state index in [1.807, 2.05) is 0 Å². The Labute approximate surface area is 104 Å². The highest BCUT2D eigenvalue weighted by Crippen LogP contribution is 2.27. The molecule has 0 aromatic rings. The SMILES string of the molecule is CC1=C(NC(=O)C2CCCCN2)C(C)CCC1. The van der Waals surface area contributed by atoms with E-state index in [9.17, 15) is 4.79 Å². The third kappa shape index (κ3) is 3.09. The van der Waals surface area contributed by atoms with Crippen LogP contribution in [0, 0.1) is 5.92 Å². The molecule has 2 aliphatic rings. The number of piperidine rings is 1. The summed E-state index contributed by atoms with van der Waals surface area (Å²) in [6.07, 6.45) is 6.93. The lowest BCUT2D eigenvalue weighted by Gasteiger charge is -2.28. The summed E-state index contributed by atoms with van der Waals surface area (Å²) in [5, 5.41) is 6.47. The molecule has 2 rings (SSSR count). The van der Waals surface area contributed by atoms with E-state index in [0.717, 1.165) is 19.4 Å². The Morgan fingerprint density at radius 1 is 1.29 bits per heavy atom. The number of carbonyl (C=O) groups is 1. The van der Waals surface area contributed by atoms with Gasteiger partial charge in [0.25, 0.3) is 0 Å². The highest BCUT2D eigenvalue weighted by molar-refractivity contribution is 5.83. The molecule has 0 aromatic carbocycles. The third-order valence-electron chi connectivity index (χ3n) is 4.03. The smallest absolute Gasteiger partial charge is 0.241 e. The summed E-state index contributed by atoms with van der Waals surface area (Å²) in [7, 11) is 0. The van der Waals surface area contributed by atoms with Gasteiger partial charge in [-0.05, 0) is 51.5 Å². The molecular weight excluding hydrogens is 212 g/mol. The van der Waals surface area contributed by atoms with Crippen LogP contribution < -0.4 is 10.6 Å². The van der Waals surface area contributed by atoms with Gasteiger partial charge in [0.05, 0.1) is 6.04 Å². The Kier molecular flexibility index (Phi) is 4.21. The van der Waals surface area contributed by atoms with Gasteiger partial charge in [0, 0.05) is 5.70 Å². The normalized spacial score (nSPS) is 30.2. The van der Waals surface area contributed by atoms with Crippen molar-refractivity contribution in [1.29, 1.82) is 0 Å². The molecule has 0 spiro atoms. The van der Waals surface area contributed by atoms with Crippen molar-refractivity contribution in [3.63, 3.8) is 0 Å². The lowest BCUT2D eigenvalue weighted by Crippen LogP contribution is -2.47. The molecule has 0 saturated carbocycles. The maximum Gasteiger partial charge on any atom is 0.241 e. The minimum Gasteiger partial charge on any atom is -0.328 e. The molecule has 0 bridgehead atoms. The first-order chi connectivity index (χ1) is 8.18. The number of carbonyl (C=O) groups excluding carboxylic acids is 1. The fraction of sp³-hybridized carbons (Fsp3) is 0.786. The van der Waals surface area contributed by atoms with E-state index in [4.69, 9.17) is 0 Å². The van der Waals surface area contributed by atoms with E-state index in [0.29, 0.717) is 5.92 Å². The Morgan fingerprint density at radius 3 is 2.76 bits per heavy atom. The maximum atomic E-state index is 12.1. The molecule has 2 N–H and O–H groups in total. The number of amides is 1. The van der Waals surface area contributed by atoms with Crippen molar-refractivity contribution in [2.75, 3.05) is 6.54 Å². The molecule has 1 saturated heterocycles.